The maximum atomic E-state index is 12.6. The quantitative estimate of drug-likeness (QED) is 0.732. The van der Waals surface area contributed by atoms with Gasteiger partial charge in [-0.1, -0.05) is 12.2 Å². The molecule has 1 heterocycles. The third kappa shape index (κ3) is 4.46. The SMILES string of the molecule is COc1ncc(Br)cc1C=CC1CCC(C(F)(F)F)CC1. The Morgan fingerprint density at radius 3 is 2.52 bits per heavy atom. The highest BCUT2D eigenvalue weighted by Crippen LogP contribution is 2.40. The van der Waals surface area contributed by atoms with Gasteiger partial charge in [-0.2, -0.15) is 13.2 Å². The van der Waals surface area contributed by atoms with Crippen molar-refractivity contribution < 1.29 is 17.9 Å². The van der Waals surface area contributed by atoms with Gasteiger partial charge in [0.25, 0.3) is 0 Å². The molecule has 1 aromatic rings. The number of ether oxygens (including phenoxy) is 1. The minimum atomic E-state index is -4.05. The predicted molar refractivity (Wildman–Crippen MR) is 79.0 cm³/mol. The zero-order valence-electron chi connectivity index (χ0n) is 11.7. The van der Waals surface area contributed by atoms with Crippen molar-refractivity contribution in [3.63, 3.8) is 0 Å². The Labute approximate surface area is 130 Å². The third-order valence-corrected chi connectivity index (χ3v) is 4.26. The number of pyridine rings is 1. The van der Waals surface area contributed by atoms with E-state index in [1.807, 2.05) is 18.2 Å². The molecule has 0 N–H and O–H groups in total. The lowest BCUT2D eigenvalue weighted by atomic mass is 9.81. The van der Waals surface area contributed by atoms with Crippen LogP contribution in [0.15, 0.2) is 22.8 Å². The first-order valence-electron chi connectivity index (χ1n) is 6.84. The highest BCUT2D eigenvalue weighted by molar-refractivity contribution is 9.10. The highest BCUT2D eigenvalue weighted by atomic mass is 79.9. The fraction of sp³-hybridized carbons (Fsp3) is 0.533. The van der Waals surface area contributed by atoms with Gasteiger partial charge in [-0.25, -0.2) is 4.98 Å². The molecule has 0 unspecified atom stereocenters. The van der Waals surface area contributed by atoms with Gasteiger partial charge in [0, 0.05) is 16.2 Å². The summed E-state index contributed by atoms with van der Waals surface area (Å²) < 4.78 is 43.8. The van der Waals surface area contributed by atoms with Crippen molar-refractivity contribution in [1.82, 2.24) is 4.98 Å². The summed E-state index contributed by atoms with van der Waals surface area (Å²) in [6.45, 7) is 0. The van der Waals surface area contributed by atoms with Crippen LogP contribution in [-0.2, 0) is 0 Å². The molecule has 1 aliphatic carbocycles. The van der Waals surface area contributed by atoms with Crippen LogP contribution < -0.4 is 4.74 Å². The van der Waals surface area contributed by atoms with Gasteiger partial charge in [0.2, 0.25) is 5.88 Å². The van der Waals surface area contributed by atoms with Gasteiger partial charge >= 0.3 is 6.18 Å². The number of alkyl halides is 3. The van der Waals surface area contributed by atoms with Crippen LogP contribution in [0.5, 0.6) is 5.88 Å². The Bertz CT molecular complexity index is 508. The average Bonchev–Trinajstić information content (AvgIpc) is 2.45. The van der Waals surface area contributed by atoms with E-state index in [9.17, 15) is 13.2 Å². The maximum absolute atomic E-state index is 12.6. The second kappa shape index (κ2) is 6.81. The first kappa shape index (κ1) is 16.3. The van der Waals surface area contributed by atoms with Gasteiger partial charge < -0.3 is 4.74 Å². The van der Waals surface area contributed by atoms with Gasteiger partial charge in [0.1, 0.15) is 0 Å². The van der Waals surface area contributed by atoms with Crippen LogP contribution in [0, 0.1) is 11.8 Å². The molecule has 0 aromatic carbocycles. The molecular formula is C15H17BrF3NO. The molecule has 1 aromatic heterocycles. The zero-order chi connectivity index (χ0) is 15.5. The average molecular weight is 364 g/mol. The molecule has 0 spiro atoms. The Morgan fingerprint density at radius 1 is 1.29 bits per heavy atom. The van der Waals surface area contributed by atoms with E-state index >= 15 is 0 Å². The van der Waals surface area contributed by atoms with Crippen molar-refractivity contribution in [1.29, 1.82) is 0 Å². The Kier molecular flexibility index (Phi) is 5.30. The standard InChI is InChI=1S/C15H17BrF3NO/c1-21-14-11(8-13(16)9-20-14)5-2-10-3-6-12(7-4-10)15(17,18)19/h2,5,8-10,12H,3-4,6-7H2,1H3. The lowest BCUT2D eigenvalue weighted by molar-refractivity contribution is -0.183. The summed E-state index contributed by atoms with van der Waals surface area (Å²) >= 11 is 3.34. The van der Waals surface area contributed by atoms with E-state index in [1.54, 1.807) is 13.3 Å². The molecular weight excluding hydrogens is 347 g/mol. The van der Waals surface area contributed by atoms with E-state index in [0.29, 0.717) is 18.7 Å². The van der Waals surface area contributed by atoms with Crippen LogP contribution in [0.1, 0.15) is 31.2 Å². The van der Waals surface area contributed by atoms with Crippen molar-refractivity contribution in [2.24, 2.45) is 11.8 Å². The number of rotatable bonds is 3. The second-order valence-corrected chi connectivity index (χ2v) is 6.18. The number of nitrogens with zero attached hydrogens (tertiary/aromatic N) is 1. The molecule has 0 amide bonds. The molecule has 1 aliphatic rings. The van der Waals surface area contributed by atoms with Crippen LogP contribution >= 0.6 is 15.9 Å². The minimum Gasteiger partial charge on any atom is -0.481 e. The number of methoxy groups -OCH3 is 1. The number of hydrogen-bond acceptors (Lipinski definition) is 2. The van der Waals surface area contributed by atoms with Crippen LogP contribution in [0.2, 0.25) is 0 Å². The number of allylic oxidation sites excluding steroid dienone is 1. The van der Waals surface area contributed by atoms with E-state index in [2.05, 4.69) is 20.9 Å². The minimum absolute atomic E-state index is 0.187. The highest BCUT2D eigenvalue weighted by Gasteiger charge is 2.40. The van der Waals surface area contributed by atoms with Gasteiger partial charge in [-0.3, -0.25) is 0 Å². The largest absolute Gasteiger partial charge is 0.481 e. The molecule has 1 saturated carbocycles. The Balaban J connectivity index is 1.99. The predicted octanol–water partition coefficient (Wildman–Crippen LogP) is 5.23. The van der Waals surface area contributed by atoms with Crippen molar-refractivity contribution >= 4 is 22.0 Å². The number of halogens is 4. The summed E-state index contributed by atoms with van der Waals surface area (Å²) in [5, 5.41) is 0. The van der Waals surface area contributed by atoms with Crippen LogP contribution in [0.25, 0.3) is 6.08 Å². The molecule has 0 saturated heterocycles. The van der Waals surface area contributed by atoms with E-state index < -0.39 is 12.1 Å². The van der Waals surface area contributed by atoms with Crippen molar-refractivity contribution in [2.45, 2.75) is 31.9 Å². The molecule has 116 valence electrons. The first-order chi connectivity index (χ1) is 9.90. The second-order valence-electron chi connectivity index (χ2n) is 5.26. The van der Waals surface area contributed by atoms with E-state index in [0.717, 1.165) is 10.0 Å². The topological polar surface area (TPSA) is 22.1 Å². The molecule has 0 radical (unpaired) electrons. The summed E-state index contributed by atoms with van der Waals surface area (Å²) in [5.41, 5.74) is 0.824. The molecule has 6 heteroatoms. The van der Waals surface area contributed by atoms with Crippen LogP contribution in [0.3, 0.4) is 0 Å². The smallest absolute Gasteiger partial charge is 0.391 e. The summed E-state index contributed by atoms with van der Waals surface area (Å²) in [6, 6.07) is 1.88. The Morgan fingerprint density at radius 2 is 1.95 bits per heavy atom. The molecule has 1 fully saturated rings. The number of aromatic nitrogens is 1. The van der Waals surface area contributed by atoms with E-state index in [4.69, 9.17) is 4.74 Å². The fourth-order valence-corrected chi connectivity index (χ4v) is 2.96. The molecule has 2 nitrogen and oxygen atoms in total. The summed E-state index contributed by atoms with van der Waals surface area (Å²) in [5.74, 6) is -0.435. The first-order valence-corrected chi connectivity index (χ1v) is 7.64. The maximum Gasteiger partial charge on any atom is 0.391 e. The normalized spacial score (nSPS) is 23.5. The fourth-order valence-electron chi connectivity index (χ4n) is 2.61. The lowest BCUT2D eigenvalue weighted by Crippen LogP contribution is -2.27. The molecule has 0 bridgehead atoms. The summed E-state index contributed by atoms with van der Waals surface area (Å²) in [6.07, 6.45) is 3.03. The molecule has 0 aliphatic heterocycles. The van der Waals surface area contributed by atoms with Crippen molar-refractivity contribution in [3.05, 3.63) is 28.4 Å². The van der Waals surface area contributed by atoms with Crippen LogP contribution in [-0.4, -0.2) is 18.3 Å². The van der Waals surface area contributed by atoms with E-state index in [1.165, 1.54) is 0 Å². The molecule has 2 rings (SSSR count). The lowest BCUT2D eigenvalue weighted by Gasteiger charge is -2.28. The zero-order valence-corrected chi connectivity index (χ0v) is 13.2. The third-order valence-electron chi connectivity index (χ3n) is 3.82. The Hall–Kier alpha value is -1.04. The van der Waals surface area contributed by atoms with Crippen LogP contribution in [0.4, 0.5) is 13.2 Å². The van der Waals surface area contributed by atoms with Crippen molar-refractivity contribution in [2.75, 3.05) is 7.11 Å². The summed E-state index contributed by atoms with van der Waals surface area (Å²) in [7, 11) is 1.54. The summed E-state index contributed by atoms with van der Waals surface area (Å²) in [4.78, 5) is 4.14. The van der Waals surface area contributed by atoms with E-state index in [-0.39, 0.29) is 18.8 Å². The molecule has 21 heavy (non-hydrogen) atoms. The van der Waals surface area contributed by atoms with Gasteiger partial charge in [0.15, 0.2) is 0 Å². The van der Waals surface area contributed by atoms with Crippen molar-refractivity contribution in [3.8, 4) is 5.88 Å². The number of hydrogen-bond donors (Lipinski definition) is 0. The van der Waals surface area contributed by atoms with Gasteiger partial charge in [-0.15, -0.1) is 0 Å². The molecule has 0 atom stereocenters. The monoisotopic (exact) mass is 363 g/mol. The van der Waals surface area contributed by atoms with Gasteiger partial charge in [0.05, 0.1) is 13.0 Å². The van der Waals surface area contributed by atoms with Gasteiger partial charge in [-0.05, 0) is 53.6 Å².